The number of aliphatic hydroxyl groups is 2. The standard InChI is InChI=1S/C16H15NO4/c18-14-12-8-16(20,15(19)21-12)11-6-7-17(13(11)14)9-10-4-2-1-3-5-10/h1-7,12,14,18,20H,8-9H2/t12-,14+,16-/m1/s1. The summed E-state index contributed by atoms with van der Waals surface area (Å²) in [6, 6.07) is 11.5. The number of nitrogens with zero attached hydrogens (tertiary/aromatic N) is 1. The molecule has 1 saturated heterocycles. The zero-order chi connectivity index (χ0) is 14.6. The van der Waals surface area contributed by atoms with Crippen molar-refractivity contribution in [2.75, 3.05) is 0 Å². The van der Waals surface area contributed by atoms with Gasteiger partial charge in [-0.1, -0.05) is 30.3 Å². The van der Waals surface area contributed by atoms with Gasteiger partial charge in [0.2, 0.25) is 0 Å². The number of carbonyl (C=O) groups excluding carboxylic acids is 1. The summed E-state index contributed by atoms with van der Waals surface area (Å²) in [5.74, 6) is -0.664. The van der Waals surface area contributed by atoms with Gasteiger partial charge in [0.1, 0.15) is 12.2 Å². The molecule has 108 valence electrons. The monoisotopic (exact) mass is 285 g/mol. The lowest BCUT2D eigenvalue weighted by Gasteiger charge is -2.28. The first-order valence-corrected chi connectivity index (χ1v) is 6.94. The summed E-state index contributed by atoms with van der Waals surface area (Å²) in [5.41, 5.74) is 0.509. The van der Waals surface area contributed by atoms with Gasteiger partial charge in [0.25, 0.3) is 0 Å². The minimum Gasteiger partial charge on any atom is -0.457 e. The second kappa shape index (κ2) is 4.19. The van der Waals surface area contributed by atoms with Crippen molar-refractivity contribution in [1.82, 2.24) is 4.57 Å². The molecular weight excluding hydrogens is 270 g/mol. The number of rotatable bonds is 2. The van der Waals surface area contributed by atoms with Gasteiger partial charge in [-0.3, -0.25) is 0 Å². The SMILES string of the molecule is O=C1O[C@@H]2C[C@@]1(O)c1ccn(Cc3ccccc3)c1[C@H]2O. The molecule has 1 aromatic carbocycles. The summed E-state index contributed by atoms with van der Waals surface area (Å²) in [6.45, 7) is 0.574. The molecule has 2 heterocycles. The summed E-state index contributed by atoms with van der Waals surface area (Å²) >= 11 is 0. The van der Waals surface area contributed by atoms with Gasteiger partial charge in [-0.2, -0.15) is 0 Å². The van der Waals surface area contributed by atoms with Crippen molar-refractivity contribution in [3.63, 3.8) is 0 Å². The largest absolute Gasteiger partial charge is 0.457 e. The van der Waals surface area contributed by atoms with E-state index in [1.165, 1.54) is 0 Å². The second-order valence-electron chi connectivity index (χ2n) is 5.68. The number of carbonyl (C=O) groups is 1. The number of aliphatic hydroxyl groups excluding tert-OH is 1. The lowest BCUT2D eigenvalue weighted by Crippen LogP contribution is -2.36. The van der Waals surface area contributed by atoms with Crippen molar-refractivity contribution < 1.29 is 19.7 Å². The van der Waals surface area contributed by atoms with Crippen molar-refractivity contribution in [3.8, 4) is 0 Å². The van der Waals surface area contributed by atoms with Crippen LogP contribution in [0.3, 0.4) is 0 Å². The van der Waals surface area contributed by atoms with Gasteiger partial charge in [0.15, 0.2) is 5.60 Å². The van der Waals surface area contributed by atoms with Crippen LogP contribution in [-0.2, 0) is 21.7 Å². The molecule has 0 saturated carbocycles. The Morgan fingerprint density at radius 3 is 2.81 bits per heavy atom. The molecule has 2 N–H and O–H groups in total. The van der Waals surface area contributed by atoms with Gasteiger partial charge < -0.3 is 19.5 Å². The molecule has 2 bridgehead atoms. The van der Waals surface area contributed by atoms with Gasteiger partial charge in [0, 0.05) is 24.7 Å². The van der Waals surface area contributed by atoms with E-state index in [-0.39, 0.29) is 6.42 Å². The topological polar surface area (TPSA) is 71.7 Å². The van der Waals surface area contributed by atoms with Crippen LogP contribution in [0.5, 0.6) is 0 Å². The van der Waals surface area contributed by atoms with Crippen molar-refractivity contribution >= 4 is 5.97 Å². The average molecular weight is 285 g/mol. The fourth-order valence-electron chi connectivity index (χ4n) is 3.31. The Balaban J connectivity index is 1.79. The van der Waals surface area contributed by atoms with Crippen molar-refractivity contribution in [2.24, 2.45) is 0 Å². The highest BCUT2D eigenvalue weighted by Crippen LogP contribution is 2.48. The number of esters is 1. The normalized spacial score (nSPS) is 30.1. The van der Waals surface area contributed by atoms with Crippen molar-refractivity contribution in [3.05, 3.63) is 59.4 Å². The molecular formula is C16H15NO4. The summed E-state index contributed by atoms with van der Waals surface area (Å²) in [6.07, 6.45) is 0.354. The third-order valence-corrected chi connectivity index (χ3v) is 4.37. The van der Waals surface area contributed by atoms with E-state index in [2.05, 4.69) is 0 Å². The zero-order valence-electron chi connectivity index (χ0n) is 11.3. The van der Waals surface area contributed by atoms with E-state index < -0.39 is 23.8 Å². The molecule has 21 heavy (non-hydrogen) atoms. The van der Waals surface area contributed by atoms with Crippen molar-refractivity contribution in [1.29, 1.82) is 0 Å². The molecule has 0 spiro atoms. The molecule has 1 aliphatic carbocycles. The Labute approximate surface area is 121 Å². The van der Waals surface area contributed by atoms with E-state index >= 15 is 0 Å². The van der Waals surface area contributed by atoms with Gasteiger partial charge in [-0.15, -0.1) is 0 Å². The number of hydrogen-bond donors (Lipinski definition) is 2. The second-order valence-corrected chi connectivity index (χ2v) is 5.68. The number of aromatic nitrogens is 1. The quantitative estimate of drug-likeness (QED) is 0.810. The minimum atomic E-state index is -1.61. The molecule has 0 amide bonds. The summed E-state index contributed by atoms with van der Waals surface area (Å²) < 4.78 is 6.96. The zero-order valence-corrected chi connectivity index (χ0v) is 11.3. The van der Waals surface area contributed by atoms with Crippen LogP contribution >= 0.6 is 0 Å². The summed E-state index contributed by atoms with van der Waals surface area (Å²) in [7, 11) is 0. The molecule has 2 aromatic rings. The first-order chi connectivity index (χ1) is 10.1. The van der Waals surface area contributed by atoms with Crippen LogP contribution in [0.4, 0.5) is 0 Å². The van der Waals surface area contributed by atoms with Gasteiger partial charge in [-0.25, -0.2) is 4.79 Å². The van der Waals surface area contributed by atoms with Crippen LogP contribution < -0.4 is 0 Å². The Hall–Kier alpha value is -2.11. The van der Waals surface area contributed by atoms with Crippen LogP contribution in [0, 0.1) is 0 Å². The maximum absolute atomic E-state index is 11.9. The van der Waals surface area contributed by atoms with E-state index in [1.807, 2.05) is 34.9 Å². The molecule has 4 rings (SSSR count). The first-order valence-electron chi connectivity index (χ1n) is 6.94. The number of benzene rings is 1. The molecule has 0 unspecified atom stereocenters. The highest BCUT2D eigenvalue weighted by Gasteiger charge is 2.57. The molecule has 5 heteroatoms. The fourth-order valence-corrected chi connectivity index (χ4v) is 3.31. The maximum atomic E-state index is 11.9. The molecule has 1 aromatic heterocycles. The molecule has 3 atom stereocenters. The number of ether oxygens (including phenoxy) is 1. The smallest absolute Gasteiger partial charge is 0.343 e. The third kappa shape index (κ3) is 1.68. The highest BCUT2D eigenvalue weighted by atomic mass is 16.6. The molecule has 1 aliphatic heterocycles. The lowest BCUT2D eigenvalue weighted by molar-refractivity contribution is -0.156. The van der Waals surface area contributed by atoms with Gasteiger partial charge in [-0.05, 0) is 11.6 Å². The molecule has 2 aliphatic rings. The van der Waals surface area contributed by atoms with Gasteiger partial charge >= 0.3 is 5.97 Å². The Kier molecular flexibility index (Phi) is 2.52. The Bertz CT molecular complexity index is 708. The first kappa shape index (κ1) is 12.6. The van der Waals surface area contributed by atoms with Gasteiger partial charge in [0.05, 0.1) is 5.69 Å². The molecule has 1 fully saturated rings. The summed E-state index contributed by atoms with van der Waals surface area (Å²) in [4.78, 5) is 11.9. The fraction of sp³-hybridized carbons (Fsp3) is 0.312. The lowest BCUT2D eigenvalue weighted by atomic mass is 9.82. The van der Waals surface area contributed by atoms with E-state index in [0.29, 0.717) is 17.8 Å². The van der Waals surface area contributed by atoms with Crippen molar-refractivity contribution in [2.45, 2.75) is 30.8 Å². The summed E-state index contributed by atoms with van der Waals surface area (Å²) in [5, 5.41) is 21.0. The van der Waals surface area contributed by atoms with E-state index in [1.54, 1.807) is 12.3 Å². The van der Waals surface area contributed by atoms with Crippen LogP contribution in [0.1, 0.15) is 29.3 Å². The third-order valence-electron chi connectivity index (χ3n) is 4.37. The number of hydrogen-bond acceptors (Lipinski definition) is 4. The van der Waals surface area contributed by atoms with Crippen LogP contribution in [-0.4, -0.2) is 26.9 Å². The molecule has 0 radical (unpaired) electrons. The van der Waals surface area contributed by atoms with E-state index in [0.717, 1.165) is 5.56 Å². The maximum Gasteiger partial charge on any atom is 0.343 e. The number of fused-ring (bicyclic) bond motifs is 4. The van der Waals surface area contributed by atoms with Crippen LogP contribution in [0.2, 0.25) is 0 Å². The Morgan fingerprint density at radius 1 is 1.29 bits per heavy atom. The van der Waals surface area contributed by atoms with E-state index in [4.69, 9.17) is 4.74 Å². The molecule has 5 nitrogen and oxygen atoms in total. The highest BCUT2D eigenvalue weighted by molar-refractivity contribution is 5.84. The van der Waals surface area contributed by atoms with Crippen LogP contribution in [0.25, 0.3) is 0 Å². The predicted octanol–water partition coefficient (Wildman–Crippen LogP) is 1.09. The minimum absolute atomic E-state index is 0.120. The van der Waals surface area contributed by atoms with Crippen LogP contribution in [0.15, 0.2) is 42.6 Å². The predicted molar refractivity (Wildman–Crippen MR) is 73.3 cm³/mol. The van der Waals surface area contributed by atoms with E-state index in [9.17, 15) is 15.0 Å². The average Bonchev–Trinajstić information content (AvgIpc) is 3.01. The Morgan fingerprint density at radius 2 is 2.05 bits per heavy atom.